The van der Waals surface area contributed by atoms with Crippen LogP contribution in [0.5, 0.6) is 11.5 Å². The van der Waals surface area contributed by atoms with Crippen LogP contribution in [0.1, 0.15) is 103 Å². The molecule has 5 heteroatoms. The molecule has 67 heavy (non-hydrogen) atoms. The summed E-state index contributed by atoms with van der Waals surface area (Å²) in [5, 5.41) is 2.33. The van der Waals surface area contributed by atoms with E-state index in [4.69, 9.17) is 9.72 Å². The predicted molar refractivity (Wildman–Crippen MR) is 282 cm³/mol. The van der Waals surface area contributed by atoms with E-state index in [1.165, 1.54) is 55.8 Å². The fourth-order valence-corrected chi connectivity index (χ4v) is 9.85. The maximum Gasteiger partial charge on any atom is 0.137 e. The Bertz CT molecular complexity index is 3270. The van der Waals surface area contributed by atoms with Crippen molar-refractivity contribution in [1.82, 2.24) is 9.55 Å². The summed E-state index contributed by atoms with van der Waals surface area (Å²) in [4.78, 5) is 9.88. The van der Waals surface area contributed by atoms with Gasteiger partial charge in [-0.3, -0.25) is 4.57 Å². The van der Waals surface area contributed by atoms with E-state index in [0.29, 0.717) is 6.67 Å². The molecule has 7 aromatic carbocycles. The molecule has 10 rings (SSSR count). The molecular formula is C62H62N4O. The Morgan fingerprint density at radius 3 is 1.63 bits per heavy atom. The third kappa shape index (κ3) is 8.05. The van der Waals surface area contributed by atoms with E-state index < -0.39 is 0 Å². The van der Waals surface area contributed by atoms with E-state index >= 15 is 0 Å². The summed E-state index contributed by atoms with van der Waals surface area (Å²) in [6.07, 6.45) is 1.96. The Kier molecular flexibility index (Phi) is 10.7. The van der Waals surface area contributed by atoms with Crippen molar-refractivity contribution in [1.29, 1.82) is 0 Å². The molecule has 0 spiro atoms. The number of nitrogens with zero attached hydrogens (tertiary/aromatic N) is 4. The standard InChI is InChI=1S/C62H62N4O/c1-59(2,3)42-26-28-44(29-27-42)62(9,10)47-34-35-63-58(38-47)66-54-33-30-46(61(7,8)43-18-12-11-13-19-43)37-53(54)52-32-31-51(40-57(52)66)67-50-23-17-22-49(39-50)65-41-64(55-24-14-15-25-56(55)65)48-21-16-20-45(36-48)60(4,5)6/h11-40H,41H2,1-10H3. The van der Waals surface area contributed by atoms with Crippen molar-refractivity contribution in [3.8, 4) is 17.3 Å². The fraction of sp³-hybridized carbons (Fsp3) is 0.242. The third-order valence-corrected chi connectivity index (χ3v) is 14.3. The highest BCUT2D eigenvalue weighted by Crippen LogP contribution is 2.46. The van der Waals surface area contributed by atoms with E-state index in [1.807, 2.05) is 6.20 Å². The zero-order valence-corrected chi connectivity index (χ0v) is 40.7. The summed E-state index contributed by atoms with van der Waals surface area (Å²) in [6, 6.07) is 63.9. The number of aromatic nitrogens is 2. The molecule has 1 aliphatic heterocycles. The minimum Gasteiger partial charge on any atom is -0.457 e. The summed E-state index contributed by atoms with van der Waals surface area (Å²) < 4.78 is 9.18. The maximum absolute atomic E-state index is 6.86. The largest absolute Gasteiger partial charge is 0.457 e. The Morgan fingerprint density at radius 1 is 0.403 bits per heavy atom. The van der Waals surface area contributed by atoms with Crippen LogP contribution in [0.15, 0.2) is 182 Å². The van der Waals surface area contributed by atoms with Gasteiger partial charge in [0.05, 0.1) is 22.4 Å². The number of hydrogen-bond donors (Lipinski definition) is 0. The molecule has 3 heterocycles. The first-order valence-corrected chi connectivity index (χ1v) is 23.7. The lowest BCUT2D eigenvalue weighted by molar-refractivity contribution is 0.483. The second kappa shape index (κ2) is 16.3. The van der Waals surface area contributed by atoms with Crippen LogP contribution in [-0.2, 0) is 21.7 Å². The van der Waals surface area contributed by atoms with Gasteiger partial charge in [0.1, 0.15) is 24.0 Å². The Hall–Kier alpha value is -7.11. The Balaban J connectivity index is 1.04. The first-order chi connectivity index (χ1) is 32.0. The second-order valence-electron chi connectivity index (χ2n) is 21.5. The first-order valence-electron chi connectivity index (χ1n) is 23.7. The van der Waals surface area contributed by atoms with Crippen LogP contribution in [0.2, 0.25) is 0 Å². The average Bonchev–Trinajstić information content (AvgIpc) is 3.87. The lowest BCUT2D eigenvalue weighted by Gasteiger charge is -2.28. The van der Waals surface area contributed by atoms with Crippen LogP contribution >= 0.6 is 0 Å². The summed E-state index contributed by atoms with van der Waals surface area (Å²) in [7, 11) is 0. The third-order valence-electron chi connectivity index (χ3n) is 14.3. The van der Waals surface area contributed by atoms with Gasteiger partial charge in [0, 0.05) is 51.3 Å². The van der Waals surface area contributed by atoms with Gasteiger partial charge in [0.25, 0.3) is 0 Å². The lowest BCUT2D eigenvalue weighted by atomic mass is 9.77. The average molecular weight is 879 g/mol. The molecular weight excluding hydrogens is 817 g/mol. The highest BCUT2D eigenvalue weighted by molar-refractivity contribution is 6.10. The van der Waals surface area contributed by atoms with Gasteiger partial charge < -0.3 is 14.5 Å². The van der Waals surface area contributed by atoms with Crippen molar-refractivity contribution in [2.45, 2.75) is 90.9 Å². The van der Waals surface area contributed by atoms with E-state index in [9.17, 15) is 0 Å². The molecule has 0 fully saturated rings. The van der Waals surface area contributed by atoms with Crippen LogP contribution in [-0.4, -0.2) is 16.2 Å². The van der Waals surface area contributed by atoms with Gasteiger partial charge in [0.15, 0.2) is 0 Å². The van der Waals surface area contributed by atoms with Crippen LogP contribution in [0, 0.1) is 0 Å². The van der Waals surface area contributed by atoms with Crippen molar-refractivity contribution in [2.75, 3.05) is 16.5 Å². The van der Waals surface area contributed by atoms with Gasteiger partial charge in [-0.05, 0) is 117 Å². The van der Waals surface area contributed by atoms with Crippen molar-refractivity contribution in [3.05, 3.63) is 216 Å². The molecule has 0 radical (unpaired) electrons. The lowest BCUT2D eigenvalue weighted by Crippen LogP contribution is -2.24. The van der Waals surface area contributed by atoms with Crippen LogP contribution in [0.3, 0.4) is 0 Å². The molecule has 0 bridgehead atoms. The smallest absolute Gasteiger partial charge is 0.137 e. The topological polar surface area (TPSA) is 33.5 Å². The number of pyridine rings is 1. The van der Waals surface area contributed by atoms with Gasteiger partial charge in [-0.1, -0.05) is 160 Å². The monoisotopic (exact) mass is 878 g/mol. The summed E-state index contributed by atoms with van der Waals surface area (Å²) in [6.45, 7) is 23.5. The zero-order chi connectivity index (χ0) is 46.9. The SMILES string of the molecule is CC(C)(C)c1ccc(C(C)(C)c2ccnc(-n3c4ccc(C(C)(C)c5ccccc5)cc4c4ccc(Oc5cccc(N6CN(c7cccc(C(C)(C)C)c7)c7ccccc76)c5)cc43)c2)cc1. The minimum absolute atomic E-state index is 0.0526. The van der Waals surface area contributed by atoms with Crippen LogP contribution in [0.4, 0.5) is 22.7 Å². The molecule has 9 aromatic rings. The molecule has 336 valence electrons. The Labute approximate surface area is 397 Å². The fourth-order valence-electron chi connectivity index (χ4n) is 9.85. The predicted octanol–water partition coefficient (Wildman–Crippen LogP) is 16.5. The molecule has 0 unspecified atom stereocenters. The van der Waals surface area contributed by atoms with Gasteiger partial charge in [0.2, 0.25) is 0 Å². The molecule has 0 saturated heterocycles. The van der Waals surface area contributed by atoms with Crippen LogP contribution in [0.25, 0.3) is 27.6 Å². The highest BCUT2D eigenvalue weighted by atomic mass is 16.5. The molecule has 0 saturated carbocycles. The molecule has 2 aromatic heterocycles. The first kappa shape index (κ1) is 43.8. The van der Waals surface area contributed by atoms with E-state index in [0.717, 1.165) is 39.4 Å². The van der Waals surface area contributed by atoms with Gasteiger partial charge in [-0.2, -0.15) is 0 Å². The Morgan fingerprint density at radius 2 is 0.955 bits per heavy atom. The van der Waals surface area contributed by atoms with Crippen molar-refractivity contribution in [3.63, 3.8) is 0 Å². The molecule has 1 aliphatic rings. The summed E-state index contributed by atoms with van der Waals surface area (Å²) in [5.74, 6) is 2.41. The highest BCUT2D eigenvalue weighted by Gasteiger charge is 2.30. The second-order valence-corrected chi connectivity index (χ2v) is 21.5. The number of para-hydroxylation sites is 2. The number of hydrogen-bond acceptors (Lipinski definition) is 4. The normalized spacial score (nSPS) is 13.4. The summed E-state index contributed by atoms with van der Waals surface area (Å²) >= 11 is 0. The van der Waals surface area contributed by atoms with Gasteiger partial charge in [-0.25, -0.2) is 4.98 Å². The number of fused-ring (bicyclic) bond motifs is 4. The zero-order valence-electron chi connectivity index (χ0n) is 40.7. The van der Waals surface area contributed by atoms with Crippen LogP contribution < -0.4 is 14.5 Å². The molecule has 5 nitrogen and oxygen atoms in total. The van der Waals surface area contributed by atoms with E-state index in [-0.39, 0.29) is 21.7 Å². The number of ether oxygens (including phenoxy) is 1. The number of anilines is 4. The van der Waals surface area contributed by atoms with Crippen molar-refractivity contribution in [2.24, 2.45) is 0 Å². The van der Waals surface area contributed by atoms with Crippen molar-refractivity contribution >= 4 is 44.6 Å². The number of rotatable bonds is 9. The van der Waals surface area contributed by atoms with E-state index in [2.05, 4.69) is 260 Å². The maximum atomic E-state index is 6.86. The molecule has 0 amide bonds. The quantitative estimate of drug-likeness (QED) is 0.145. The van der Waals surface area contributed by atoms with Gasteiger partial charge >= 0.3 is 0 Å². The number of benzene rings is 7. The molecule has 0 atom stereocenters. The molecule has 0 N–H and O–H groups in total. The van der Waals surface area contributed by atoms with Gasteiger partial charge in [-0.15, -0.1) is 0 Å². The summed E-state index contributed by atoms with van der Waals surface area (Å²) in [5.41, 5.74) is 14.1. The van der Waals surface area contributed by atoms with Crippen molar-refractivity contribution < 1.29 is 4.74 Å². The minimum atomic E-state index is -0.262. The van der Waals surface area contributed by atoms with E-state index in [1.54, 1.807) is 0 Å². The molecule has 0 aliphatic carbocycles.